The molecule has 184 valence electrons. The summed E-state index contributed by atoms with van der Waals surface area (Å²) in [4.78, 5) is 23.4. The fraction of sp³-hybridized carbons (Fsp3) is 0. The van der Waals surface area contributed by atoms with Crippen molar-refractivity contribution in [3.05, 3.63) is 105 Å². The third-order valence-electron chi connectivity index (χ3n) is 5.53. The summed E-state index contributed by atoms with van der Waals surface area (Å²) >= 11 is 0. The van der Waals surface area contributed by atoms with Crippen molar-refractivity contribution in [3.8, 4) is 22.8 Å². The monoisotopic (exact) mass is 519 g/mol. The zero-order chi connectivity index (χ0) is 26.3. The van der Waals surface area contributed by atoms with Crippen molar-refractivity contribution in [1.29, 1.82) is 0 Å². The number of nitro benzene ring substituents is 2. The number of hydrogen-bond donors (Lipinski definition) is 1. The maximum atomic E-state index is 12.0. The number of fused-ring (bicyclic) bond motifs is 1. The van der Waals surface area contributed by atoms with Gasteiger partial charge in [0.2, 0.25) is 0 Å². The molecule has 0 amide bonds. The normalized spacial score (nSPS) is 11.5. The lowest BCUT2D eigenvalue weighted by Gasteiger charge is -2.04. The minimum atomic E-state index is -4.67. The van der Waals surface area contributed by atoms with Gasteiger partial charge in [-0.1, -0.05) is 48.5 Å². The van der Waals surface area contributed by atoms with E-state index < -0.39 is 36.2 Å². The van der Waals surface area contributed by atoms with Gasteiger partial charge in [0.05, 0.1) is 26.6 Å². The molecule has 0 spiro atoms. The van der Waals surface area contributed by atoms with Crippen LogP contribution in [-0.2, 0) is 10.1 Å². The molecule has 14 heteroatoms. The van der Waals surface area contributed by atoms with E-state index in [0.717, 1.165) is 28.4 Å². The van der Waals surface area contributed by atoms with Crippen LogP contribution in [-0.4, -0.2) is 37.8 Å². The van der Waals surface area contributed by atoms with Gasteiger partial charge in [0.15, 0.2) is 0 Å². The molecule has 0 saturated carbocycles. The largest absolute Gasteiger partial charge is 0.341 e. The topological polar surface area (TPSA) is 175 Å². The number of tetrazole rings is 1. The highest BCUT2D eigenvalue weighted by Crippen LogP contribution is 2.28. The van der Waals surface area contributed by atoms with Crippen LogP contribution in [0.1, 0.15) is 0 Å². The highest BCUT2D eigenvalue weighted by Gasteiger charge is 2.33. The van der Waals surface area contributed by atoms with E-state index in [2.05, 4.69) is 10.2 Å². The van der Waals surface area contributed by atoms with Gasteiger partial charge < -0.3 is 0 Å². The van der Waals surface area contributed by atoms with Crippen molar-refractivity contribution in [2.45, 2.75) is 4.90 Å². The second kappa shape index (κ2) is 8.85. The van der Waals surface area contributed by atoms with E-state index in [1.807, 2.05) is 18.2 Å². The van der Waals surface area contributed by atoms with E-state index in [4.69, 9.17) is 0 Å². The first kappa shape index (κ1) is 23.7. The maximum absolute atomic E-state index is 12.0. The lowest BCUT2D eigenvalue weighted by atomic mass is 10.1. The van der Waals surface area contributed by atoms with Crippen LogP contribution < -0.4 is 4.80 Å². The number of benzene rings is 4. The molecule has 0 unspecified atom stereocenters. The van der Waals surface area contributed by atoms with Gasteiger partial charge in [-0.05, 0) is 33.5 Å². The molecule has 0 fully saturated rings. The summed E-state index contributed by atoms with van der Waals surface area (Å²) in [5, 5.41) is 33.4. The van der Waals surface area contributed by atoms with E-state index in [1.165, 1.54) is 29.1 Å². The first-order chi connectivity index (χ1) is 17.6. The number of aromatic nitrogens is 4. The number of hydrogen-bond acceptors (Lipinski definition) is 8. The number of nitro groups is 2. The molecule has 1 N–H and O–H groups in total. The van der Waals surface area contributed by atoms with Gasteiger partial charge in [-0.15, -0.1) is 0 Å². The Labute approximate surface area is 207 Å². The Morgan fingerprint density at radius 1 is 0.865 bits per heavy atom. The predicted molar refractivity (Wildman–Crippen MR) is 129 cm³/mol. The summed E-state index contributed by atoms with van der Waals surface area (Å²) < 4.78 is 33.8. The van der Waals surface area contributed by atoms with Gasteiger partial charge in [-0.3, -0.25) is 24.8 Å². The molecule has 5 rings (SSSR count). The van der Waals surface area contributed by atoms with Crippen LogP contribution in [0.5, 0.6) is 0 Å². The summed E-state index contributed by atoms with van der Waals surface area (Å²) in [6.45, 7) is 0. The molecule has 37 heavy (non-hydrogen) atoms. The first-order valence-corrected chi connectivity index (χ1v) is 12.0. The Hall–Kier alpha value is -5.08. The SMILES string of the molecule is O=[N+]([O-])c1ccc(-[n+]2nc(-c3ccccc3S(=O)(=O)O)nn2-c2cccc3ccccc23)c([N+](=O)[O-])c1. The van der Waals surface area contributed by atoms with Gasteiger partial charge in [0, 0.05) is 22.3 Å². The van der Waals surface area contributed by atoms with E-state index in [0.29, 0.717) is 11.1 Å². The second-order valence-electron chi connectivity index (χ2n) is 7.76. The van der Waals surface area contributed by atoms with Gasteiger partial charge in [0.25, 0.3) is 21.5 Å². The molecular weight excluding hydrogens is 504 g/mol. The third-order valence-corrected chi connectivity index (χ3v) is 6.44. The standard InChI is InChI=1S/C23H14N6O7S/c30-28(31)16-12-13-20(21(14-16)29(32)33)27-25-23(18-9-3-4-11-22(18)37(34,35)36)24-26(27)19-10-5-7-15-6-1-2-8-17(15)19/h1-14H/p+1. The lowest BCUT2D eigenvalue weighted by molar-refractivity contribution is -0.736. The molecule has 0 aliphatic rings. The lowest BCUT2D eigenvalue weighted by Crippen LogP contribution is -2.43. The van der Waals surface area contributed by atoms with Crippen molar-refractivity contribution in [1.82, 2.24) is 15.0 Å². The molecule has 1 aromatic heterocycles. The molecule has 5 aromatic rings. The fourth-order valence-corrected chi connectivity index (χ4v) is 4.59. The van der Waals surface area contributed by atoms with Crippen LogP contribution in [0.2, 0.25) is 0 Å². The molecule has 0 aliphatic carbocycles. The molecule has 0 bridgehead atoms. The van der Waals surface area contributed by atoms with Crippen molar-refractivity contribution >= 4 is 32.3 Å². The molecule has 13 nitrogen and oxygen atoms in total. The van der Waals surface area contributed by atoms with Gasteiger partial charge in [0.1, 0.15) is 10.6 Å². The first-order valence-electron chi connectivity index (χ1n) is 10.5. The minimum absolute atomic E-state index is 0.0534. The summed E-state index contributed by atoms with van der Waals surface area (Å²) in [7, 11) is -4.67. The Morgan fingerprint density at radius 2 is 1.57 bits per heavy atom. The number of rotatable bonds is 6. The van der Waals surface area contributed by atoms with Crippen molar-refractivity contribution < 1.29 is 27.6 Å². The third kappa shape index (κ3) is 4.26. The fourth-order valence-electron chi connectivity index (χ4n) is 3.90. The molecule has 0 atom stereocenters. The van der Waals surface area contributed by atoms with Gasteiger partial charge in [-0.25, -0.2) is 0 Å². The average molecular weight is 519 g/mol. The van der Waals surface area contributed by atoms with Crippen LogP contribution in [0.25, 0.3) is 33.5 Å². The van der Waals surface area contributed by atoms with Crippen LogP contribution in [0.3, 0.4) is 0 Å². The van der Waals surface area contributed by atoms with Crippen molar-refractivity contribution in [2.24, 2.45) is 0 Å². The summed E-state index contributed by atoms with van der Waals surface area (Å²) in [5.74, 6) is -0.172. The highest BCUT2D eigenvalue weighted by molar-refractivity contribution is 7.86. The minimum Gasteiger partial charge on any atom is -0.282 e. The van der Waals surface area contributed by atoms with Crippen molar-refractivity contribution in [2.75, 3.05) is 0 Å². The van der Waals surface area contributed by atoms with E-state index in [-0.39, 0.29) is 17.1 Å². The Bertz CT molecular complexity index is 1830. The Kier molecular flexibility index (Phi) is 5.66. The Morgan fingerprint density at radius 3 is 2.30 bits per heavy atom. The summed E-state index contributed by atoms with van der Waals surface area (Å²) in [6.07, 6.45) is 0. The van der Waals surface area contributed by atoms with Crippen LogP contribution in [0.4, 0.5) is 11.4 Å². The van der Waals surface area contributed by atoms with Crippen molar-refractivity contribution in [3.63, 3.8) is 0 Å². The molecule has 4 aromatic carbocycles. The average Bonchev–Trinajstić information content (AvgIpc) is 3.32. The molecule has 0 aliphatic heterocycles. The Balaban J connectivity index is 1.86. The van der Waals surface area contributed by atoms with Crippen LogP contribution in [0, 0.1) is 20.2 Å². The summed E-state index contributed by atoms with van der Waals surface area (Å²) in [5.41, 5.74) is -0.894. The van der Waals surface area contributed by atoms with E-state index in [9.17, 15) is 33.2 Å². The predicted octanol–water partition coefficient (Wildman–Crippen LogP) is 3.43. The molecule has 1 heterocycles. The highest BCUT2D eigenvalue weighted by atomic mass is 32.2. The van der Waals surface area contributed by atoms with Gasteiger partial charge >= 0.3 is 11.5 Å². The summed E-state index contributed by atoms with van der Waals surface area (Å²) in [6, 6.07) is 21.0. The second-order valence-corrected chi connectivity index (χ2v) is 9.15. The van der Waals surface area contributed by atoms with E-state index in [1.54, 1.807) is 24.3 Å². The smallest absolute Gasteiger partial charge is 0.282 e. The van der Waals surface area contributed by atoms with Gasteiger partial charge in [-0.2, -0.15) is 8.42 Å². The zero-order valence-electron chi connectivity index (χ0n) is 18.6. The maximum Gasteiger partial charge on any atom is 0.341 e. The zero-order valence-corrected chi connectivity index (χ0v) is 19.4. The van der Waals surface area contributed by atoms with Crippen LogP contribution in [0.15, 0.2) is 89.8 Å². The molecular formula is C23H15N6O7S+. The van der Waals surface area contributed by atoms with Crippen LogP contribution >= 0.6 is 0 Å². The molecule has 0 saturated heterocycles. The van der Waals surface area contributed by atoms with E-state index >= 15 is 0 Å². The number of nitrogens with zero attached hydrogens (tertiary/aromatic N) is 6. The quantitative estimate of drug-likeness (QED) is 0.152. The number of non-ortho nitro benzene ring substituents is 1. The molecule has 0 radical (unpaired) electrons.